The second-order valence-electron chi connectivity index (χ2n) is 4.10. The molecule has 0 saturated heterocycles. The summed E-state index contributed by atoms with van der Waals surface area (Å²) in [6, 6.07) is 3.57. The lowest BCUT2D eigenvalue weighted by atomic mass is 10.1. The van der Waals surface area contributed by atoms with Gasteiger partial charge in [-0.2, -0.15) is 0 Å². The smallest absolute Gasteiger partial charge is 0.212 e. The highest BCUT2D eigenvalue weighted by Crippen LogP contribution is 2.18. The molecule has 0 aliphatic heterocycles. The Kier molecular flexibility index (Phi) is 5.08. The van der Waals surface area contributed by atoms with Crippen molar-refractivity contribution in [1.82, 2.24) is 9.71 Å². The van der Waals surface area contributed by atoms with Gasteiger partial charge < -0.3 is 0 Å². The number of hydrogen-bond acceptors (Lipinski definition) is 3. The molecule has 0 spiro atoms. The van der Waals surface area contributed by atoms with Crippen LogP contribution in [0, 0.1) is 6.92 Å². The van der Waals surface area contributed by atoms with E-state index in [1.807, 2.05) is 32.9 Å². The summed E-state index contributed by atoms with van der Waals surface area (Å²) in [4.78, 5) is 4.27. The van der Waals surface area contributed by atoms with E-state index in [1.54, 1.807) is 6.20 Å². The van der Waals surface area contributed by atoms with E-state index in [2.05, 4.69) is 9.71 Å². The SMILES string of the molecule is CCCS(=O)(=O)N[C@@H](CC)c1ncccc1C. The van der Waals surface area contributed by atoms with Crippen LogP contribution in [0.25, 0.3) is 0 Å². The molecule has 0 radical (unpaired) electrons. The Balaban J connectivity index is 2.91. The molecule has 0 unspecified atom stereocenters. The normalized spacial score (nSPS) is 13.6. The molecule has 5 heteroatoms. The van der Waals surface area contributed by atoms with Crippen molar-refractivity contribution in [3.8, 4) is 0 Å². The minimum atomic E-state index is -3.20. The van der Waals surface area contributed by atoms with Crippen LogP contribution < -0.4 is 4.72 Å². The molecule has 1 atom stereocenters. The Morgan fingerprint density at radius 2 is 2.12 bits per heavy atom. The molecular weight excluding hydrogens is 236 g/mol. The van der Waals surface area contributed by atoms with Crippen molar-refractivity contribution in [3.05, 3.63) is 29.6 Å². The van der Waals surface area contributed by atoms with Crippen molar-refractivity contribution in [2.45, 2.75) is 39.7 Å². The first kappa shape index (κ1) is 14.1. The standard InChI is InChI=1S/C12H20N2O2S/c1-4-9-17(15,16)14-11(5-2)12-10(3)7-6-8-13-12/h6-8,11,14H,4-5,9H2,1-3H3/t11-/m0/s1. The summed E-state index contributed by atoms with van der Waals surface area (Å²) in [7, 11) is -3.20. The van der Waals surface area contributed by atoms with Crippen LogP contribution in [0.4, 0.5) is 0 Å². The Morgan fingerprint density at radius 3 is 2.65 bits per heavy atom. The maximum Gasteiger partial charge on any atom is 0.212 e. The molecule has 4 nitrogen and oxygen atoms in total. The highest BCUT2D eigenvalue weighted by Gasteiger charge is 2.19. The van der Waals surface area contributed by atoms with Crippen LogP contribution in [-0.2, 0) is 10.0 Å². The van der Waals surface area contributed by atoms with E-state index in [0.717, 1.165) is 11.3 Å². The molecule has 0 saturated carbocycles. The van der Waals surface area contributed by atoms with Gasteiger partial charge in [-0.05, 0) is 31.4 Å². The maximum atomic E-state index is 11.7. The largest absolute Gasteiger partial charge is 0.259 e. The quantitative estimate of drug-likeness (QED) is 0.848. The zero-order valence-electron chi connectivity index (χ0n) is 10.6. The predicted octanol–water partition coefficient (Wildman–Crippen LogP) is 2.17. The Labute approximate surface area is 104 Å². The second-order valence-corrected chi connectivity index (χ2v) is 5.98. The van der Waals surface area contributed by atoms with E-state index in [-0.39, 0.29) is 11.8 Å². The van der Waals surface area contributed by atoms with Gasteiger partial charge in [0, 0.05) is 6.20 Å². The summed E-state index contributed by atoms with van der Waals surface area (Å²) in [5.41, 5.74) is 1.83. The van der Waals surface area contributed by atoms with Gasteiger partial charge in [-0.1, -0.05) is 19.9 Å². The van der Waals surface area contributed by atoms with Gasteiger partial charge >= 0.3 is 0 Å². The van der Waals surface area contributed by atoms with Crippen molar-refractivity contribution in [1.29, 1.82) is 0 Å². The van der Waals surface area contributed by atoms with Gasteiger partial charge in [-0.3, -0.25) is 4.98 Å². The third-order valence-corrected chi connectivity index (χ3v) is 4.17. The summed E-state index contributed by atoms with van der Waals surface area (Å²) < 4.78 is 26.2. The Hall–Kier alpha value is -0.940. The summed E-state index contributed by atoms with van der Waals surface area (Å²) in [5, 5.41) is 0. The van der Waals surface area contributed by atoms with Crippen LogP contribution in [0.5, 0.6) is 0 Å². The molecule has 0 bridgehead atoms. The van der Waals surface area contributed by atoms with Crippen LogP contribution in [-0.4, -0.2) is 19.2 Å². The summed E-state index contributed by atoms with van der Waals surface area (Å²) in [6.45, 7) is 5.75. The number of pyridine rings is 1. The first-order chi connectivity index (χ1) is 8.00. The van der Waals surface area contributed by atoms with E-state index >= 15 is 0 Å². The van der Waals surface area contributed by atoms with Gasteiger partial charge in [-0.15, -0.1) is 0 Å². The van der Waals surface area contributed by atoms with Crippen molar-refractivity contribution in [3.63, 3.8) is 0 Å². The molecule has 1 N–H and O–H groups in total. The summed E-state index contributed by atoms with van der Waals surface area (Å²) in [6.07, 6.45) is 3.01. The number of aryl methyl sites for hydroxylation is 1. The fourth-order valence-electron chi connectivity index (χ4n) is 1.74. The number of nitrogens with one attached hydrogen (secondary N) is 1. The number of rotatable bonds is 6. The zero-order valence-corrected chi connectivity index (χ0v) is 11.4. The molecule has 0 fully saturated rings. The topological polar surface area (TPSA) is 59.1 Å². The van der Waals surface area contributed by atoms with Crippen molar-refractivity contribution >= 4 is 10.0 Å². The summed E-state index contributed by atoms with van der Waals surface area (Å²) in [5.74, 6) is 0.162. The molecule has 0 amide bonds. The highest BCUT2D eigenvalue weighted by atomic mass is 32.2. The Bertz CT molecular complexity index is 457. The van der Waals surface area contributed by atoms with Gasteiger partial charge in [0.15, 0.2) is 0 Å². The molecular formula is C12H20N2O2S. The lowest BCUT2D eigenvalue weighted by molar-refractivity contribution is 0.542. The van der Waals surface area contributed by atoms with Crippen LogP contribution in [0.2, 0.25) is 0 Å². The van der Waals surface area contributed by atoms with E-state index in [9.17, 15) is 8.42 Å². The highest BCUT2D eigenvalue weighted by molar-refractivity contribution is 7.89. The molecule has 17 heavy (non-hydrogen) atoms. The number of nitrogens with zero attached hydrogens (tertiary/aromatic N) is 1. The first-order valence-electron chi connectivity index (χ1n) is 5.91. The lowest BCUT2D eigenvalue weighted by Crippen LogP contribution is -2.31. The van der Waals surface area contributed by atoms with E-state index < -0.39 is 10.0 Å². The molecule has 1 aromatic rings. The predicted molar refractivity (Wildman–Crippen MR) is 69.2 cm³/mol. The van der Waals surface area contributed by atoms with Crippen LogP contribution in [0.15, 0.2) is 18.3 Å². The molecule has 0 aromatic carbocycles. The van der Waals surface area contributed by atoms with Gasteiger partial charge in [-0.25, -0.2) is 13.1 Å². The zero-order chi connectivity index (χ0) is 12.9. The third-order valence-electron chi connectivity index (χ3n) is 2.58. The summed E-state index contributed by atoms with van der Waals surface area (Å²) >= 11 is 0. The van der Waals surface area contributed by atoms with Crippen molar-refractivity contribution in [2.75, 3.05) is 5.75 Å². The number of sulfonamides is 1. The minimum Gasteiger partial charge on any atom is -0.259 e. The van der Waals surface area contributed by atoms with Gasteiger partial charge in [0.25, 0.3) is 0 Å². The van der Waals surface area contributed by atoms with Crippen LogP contribution in [0.1, 0.15) is 44.0 Å². The molecule has 1 aromatic heterocycles. The molecule has 0 aliphatic carbocycles. The van der Waals surface area contributed by atoms with Gasteiger partial charge in [0.1, 0.15) is 0 Å². The fourth-order valence-corrected chi connectivity index (χ4v) is 3.11. The van der Waals surface area contributed by atoms with Gasteiger partial charge in [0.05, 0.1) is 17.5 Å². The van der Waals surface area contributed by atoms with Crippen LogP contribution >= 0.6 is 0 Å². The molecule has 96 valence electrons. The van der Waals surface area contributed by atoms with E-state index in [0.29, 0.717) is 12.8 Å². The third kappa shape index (κ3) is 4.09. The fraction of sp³-hybridized carbons (Fsp3) is 0.583. The average Bonchev–Trinajstić information content (AvgIpc) is 2.27. The van der Waals surface area contributed by atoms with E-state index in [4.69, 9.17) is 0 Å². The molecule has 1 rings (SSSR count). The van der Waals surface area contributed by atoms with Gasteiger partial charge in [0.2, 0.25) is 10.0 Å². The lowest BCUT2D eigenvalue weighted by Gasteiger charge is -2.18. The van der Waals surface area contributed by atoms with Crippen LogP contribution in [0.3, 0.4) is 0 Å². The minimum absolute atomic E-state index is 0.162. The first-order valence-corrected chi connectivity index (χ1v) is 7.57. The monoisotopic (exact) mass is 256 g/mol. The van der Waals surface area contributed by atoms with Crippen molar-refractivity contribution < 1.29 is 8.42 Å². The van der Waals surface area contributed by atoms with E-state index in [1.165, 1.54) is 0 Å². The maximum absolute atomic E-state index is 11.7. The molecule has 0 aliphatic rings. The Morgan fingerprint density at radius 1 is 1.41 bits per heavy atom. The number of hydrogen-bond donors (Lipinski definition) is 1. The molecule has 1 heterocycles. The van der Waals surface area contributed by atoms with Crippen molar-refractivity contribution in [2.24, 2.45) is 0 Å². The average molecular weight is 256 g/mol. The number of aromatic nitrogens is 1. The second kappa shape index (κ2) is 6.12.